The number of methoxy groups -OCH3 is 1. The Balaban J connectivity index is 2.35. The molecule has 1 aromatic carbocycles. The summed E-state index contributed by atoms with van der Waals surface area (Å²) in [6, 6.07) is 10.5. The number of ether oxygens (including phenoxy) is 1. The van der Waals surface area contributed by atoms with Gasteiger partial charge in [-0.25, -0.2) is 0 Å². The van der Waals surface area contributed by atoms with Gasteiger partial charge in [-0.3, -0.25) is 4.84 Å². The molecule has 3 nitrogen and oxygen atoms in total. The van der Waals surface area contributed by atoms with Gasteiger partial charge in [0.1, 0.15) is 6.10 Å². The number of nitrogens with zero attached hydrogens (tertiary/aromatic N) is 1. The third-order valence-corrected chi connectivity index (χ3v) is 6.45. The lowest BCUT2D eigenvalue weighted by Gasteiger charge is -2.59. The molecule has 0 amide bonds. The van der Waals surface area contributed by atoms with Gasteiger partial charge in [-0.1, -0.05) is 51.1 Å². The Bertz CT molecular complexity index is 520. The number of piperidine rings is 1. The largest absolute Gasteiger partial charge is 0.381 e. The molecule has 2 rings (SSSR count). The summed E-state index contributed by atoms with van der Waals surface area (Å²) in [4.78, 5) is 6.63. The van der Waals surface area contributed by atoms with Gasteiger partial charge >= 0.3 is 0 Å². The van der Waals surface area contributed by atoms with Crippen LogP contribution in [0.2, 0.25) is 0 Å². The van der Waals surface area contributed by atoms with E-state index in [4.69, 9.17) is 9.57 Å². The van der Waals surface area contributed by atoms with Crippen molar-refractivity contribution in [3.8, 4) is 0 Å². The van der Waals surface area contributed by atoms with Gasteiger partial charge in [-0.15, -0.1) is 0 Å². The van der Waals surface area contributed by atoms with Crippen molar-refractivity contribution in [2.75, 3.05) is 7.11 Å². The fraction of sp³-hybridized carbons (Fsp3) is 0.714. The molecule has 0 aliphatic carbocycles. The first-order valence-corrected chi connectivity index (χ1v) is 9.37. The molecule has 0 bridgehead atoms. The van der Waals surface area contributed by atoms with Crippen LogP contribution in [0.5, 0.6) is 0 Å². The quantitative estimate of drug-likeness (QED) is 0.698. The molecular formula is C21H35NO2. The van der Waals surface area contributed by atoms with Gasteiger partial charge in [0.2, 0.25) is 0 Å². The molecule has 1 aliphatic heterocycles. The highest BCUT2D eigenvalue weighted by atomic mass is 16.7. The van der Waals surface area contributed by atoms with E-state index in [-0.39, 0.29) is 23.3 Å². The van der Waals surface area contributed by atoms with Gasteiger partial charge < -0.3 is 4.74 Å². The van der Waals surface area contributed by atoms with Crippen molar-refractivity contribution in [1.82, 2.24) is 5.06 Å². The zero-order valence-electron chi connectivity index (χ0n) is 16.5. The second-order valence-corrected chi connectivity index (χ2v) is 7.78. The van der Waals surface area contributed by atoms with Crippen molar-refractivity contribution in [2.45, 2.75) is 84.1 Å². The van der Waals surface area contributed by atoms with E-state index in [2.05, 4.69) is 76.9 Å². The first-order chi connectivity index (χ1) is 11.3. The molecule has 0 aromatic heterocycles. The number of hydrogen-bond donors (Lipinski definition) is 0. The fourth-order valence-electron chi connectivity index (χ4n) is 4.13. The van der Waals surface area contributed by atoms with Gasteiger partial charge in [0.05, 0.1) is 6.10 Å². The smallest absolute Gasteiger partial charge is 0.102 e. The molecule has 136 valence electrons. The standard InChI is InChI=1S/C21H35NO2/c1-8-20(5)15-19(23-7)16(3)21(6,9-2)22(20)24-17(4)18-13-11-10-12-14-18/h10-14,16-17,19H,8-9,15H2,1-7H3. The summed E-state index contributed by atoms with van der Waals surface area (Å²) in [5, 5.41) is 2.32. The van der Waals surface area contributed by atoms with Crippen LogP contribution in [-0.4, -0.2) is 29.4 Å². The van der Waals surface area contributed by atoms with Crippen LogP contribution in [0.1, 0.15) is 72.5 Å². The molecule has 0 saturated carbocycles. The summed E-state index contributed by atoms with van der Waals surface area (Å²) in [5.74, 6) is 0.412. The average molecular weight is 334 g/mol. The molecule has 1 aliphatic rings. The third kappa shape index (κ3) is 3.40. The van der Waals surface area contributed by atoms with Gasteiger partial charge in [0, 0.05) is 24.1 Å². The van der Waals surface area contributed by atoms with Crippen molar-refractivity contribution in [1.29, 1.82) is 0 Å². The van der Waals surface area contributed by atoms with Crippen LogP contribution >= 0.6 is 0 Å². The Morgan fingerprint density at radius 1 is 1.17 bits per heavy atom. The van der Waals surface area contributed by atoms with Crippen LogP contribution in [0, 0.1) is 5.92 Å². The van der Waals surface area contributed by atoms with Crippen molar-refractivity contribution >= 4 is 0 Å². The SMILES string of the molecule is CCC1(C)CC(OC)C(C)C(C)(CC)N1OC(C)c1ccccc1. The van der Waals surface area contributed by atoms with E-state index in [1.54, 1.807) is 0 Å². The minimum Gasteiger partial charge on any atom is -0.381 e. The zero-order valence-corrected chi connectivity index (χ0v) is 16.5. The molecule has 0 spiro atoms. The zero-order chi connectivity index (χ0) is 18.0. The topological polar surface area (TPSA) is 21.7 Å². The van der Waals surface area contributed by atoms with Crippen LogP contribution in [0.15, 0.2) is 30.3 Å². The summed E-state index contributed by atoms with van der Waals surface area (Å²) in [6.45, 7) is 13.6. The summed E-state index contributed by atoms with van der Waals surface area (Å²) in [5.41, 5.74) is 1.14. The van der Waals surface area contributed by atoms with Crippen molar-refractivity contribution in [2.24, 2.45) is 5.92 Å². The minimum absolute atomic E-state index is 0.0268. The summed E-state index contributed by atoms with van der Waals surface area (Å²) in [6.07, 6.45) is 3.38. The van der Waals surface area contributed by atoms with Crippen LogP contribution in [0.25, 0.3) is 0 Å². The number of rotatable bonds is 6. The highest BCUT2D eigenvalue weighted by Crippen LogP contribution is 2.47. The molecule has 5 atom stereocenters. The van der Waals surface area contributed by atoms with E-state index >= 15 is 0 Å². The first-order valence-electron chi connectivity index (χ1n) is 9.37. The Labute approximate surface area is 148 Å². The Morgan fingerprint density at radius 2 is 1.79 bits per heavy atom. The minimum atomic E-state index is -0.0489. The molecule has 0 radical (unpaired) electrons. The summed E-state index contributed by atoms with van der Waals surface area (Å²) < 4.78 is 5.85. The molecule has 1 heterocycles. The predicted molar refractivity (Wildman–Crippen MR) is 99.8 cm³/mol. The lowest BCUT2D eigenvalue weighted by Crippen LogP contribution is -2.67. The van der Waals surface area contributed by atoms with E-state index in [1.165, 1.54) is 5.56 Å². The van der Waals surface area contributed by atoms with Crippen molar-refractivity contribution < 1.29 is 9.57 Å². The van der Waals surface area contributed by atoms with Crippen molar-refractivity contribution in [3.05, 3.63) is 35.9 Å². The maximum absolute atomic E-state index is 6.63. The highest BCUT2D eigenvalue weighted by molar-refractivity contribution is 5.17. The Kier molecular flexibility index (Phi) is 6.11. The van der Waals surface area contributed by atoms with Gasteiger partial charge in [0.25, 0.3) is 0 Å². The summed E-state index contributed by atoms with van der Waals surface area (Å²) >= 11 is 0. The van der Waals surface area contributed by atoms with Crippen LogP contribution in [-0.2, 0) is 9.57 Å². The van der Waals surface area contributed by atoms with E-state index < -0.39 is 0 Å². The molecule has 1 aromatic rings. The monoisotopic (exact) mass is 333 g/mol. The molecule has 0 N–H and O–H groups in total. The molecule has 24 heavy (non-hydrogen) atoms. The second-order valence-electron chi connectivity index (χ2n) is 7.78. The maximum atomic E-state index is 6.63. The van der Waals surface area contributed by atoms with E-state index in [1.807, 2.05) is 7.11 Å². The Morgan fingerprint density at radius 3 is 2.29 bits per heavy atom. The normalized spacial score (nSPS) is 35.8. The summed E-state index contributed by atoms with van der Waals surface area (Å²) in [7, 11) is 1.84. The number of benzene rings is 1. The van der Waals surface area contributed by atoms with E-state index in [9.17, 15) is 0 Å². The van der Waals surface area contributed by atoms with E-state index in [0.717, 1.165) is 19.3 Å². The van der Waals surface area contributed by atoms with Crippen LogP contribution in [0.4, 0.5) is 0 Å². The molecular weight excluding hydrogens is 298 g/mol. The molecule has 1 fully saturated rings. The van der Waals surface area contributed by atoms with Gasteiger partial charge in [-0.2, -0.15) is 5.06 Å². The maximum Gasteiger partial charge on any atom is 0.102 e. The van der Waals surface area contributed by atoms with Crippen molar-refractivity contribution in [3.63, 3.8) is 0 Å². The lowest BCUT2D eigenvalue weighted by molar-refractivity contribution is -0.337. The van der Waals surface area contributed by atoms with Gasteiger partial charge in [0.15, 0.2) is 0 Å². The molecule has 1 saturated heterocycles. The highest BCUT2D eigenvalue weighted by Gasteiger charge is 2.54. The lowest BCUT2D eigenvalue weighted by atomic mass is 9.69. The molecule has 5 unspecified atom stereocenters. The second kappa shape index (κ2) is 7.55. The molecule has 3 heteroatoms. The van der Waals surface area contributed by atoms with E-state index in [0.29, 0.717) is 5.92 Å². The number of hydrogen-bond acceptors (Lipinski definition) is 3. The fourth-order valence-corrected chi connectivity index (χ4v) is 4.13. The van der Waals surface area contributed by atoms with Crippen LogP contribution < -0.4 is 0 Å². The first kappa shape index (κ1) is 19.4. The third-order valence-electron chi connectivity index (χ3n) is 6.45. The average Bonchev–Trinajstić information content (AvgIpc) is 2.62. The van der Waals surface area contributed by atoms with Gasteiger partial charge in [-0.05, 0) is 45.6 Å². The van der Waals surface area contributed by atoms with Crippen LogP contribution in [0.3, 0.4) is 0 Å². The number of hydroxylamine groups is 2. The Hall–Kier alpha value is -0.900. The predicted octanol–water partition coefficient (Wildman–Crippen LogP) is 5.37.